The van der Waals surface area contributed by atoms with Gasteiger partial charge in [-0.25, -0.2) is 0 Å². The molecule has 1 unspecified atom stereocenters. The number of rotatable bonds is 6. The Hall–Kier alpha value is -1.54. The Morgan fingerprint density at radius 2 is 1.56 bits per heavy atom. The molecule has 2 aliphatic carbocycles. The molecule has 2 aliphatic rings. The van der Waals surface area contributed by atoms with Crippen molar-refractivity contribution in [3.05, 3.63) is 47.1 Å². The van der Waals surface area contributed by atoms with E-state index in [-0.39, 0.29) is 32.5 Å². The highest BCUT2D eigenvalue weighted by Crippen LogP contribution is 2.62. The van der Waals surface area contributed by atoms with Gasteiger partial charge in [0.05, 0.1) is 13.2 Å². The Morgan fingerprint density at radius 3 is 1.96 bits per heavy atom. The third-order valence-electron chi connectivity index (χ3n) is 5.01. The van der Waals surface area contributed by atoms with Gasteiger partial charge in [0.2, 0.25) is 0 Å². The van der Waals surface area contributed by atoms with E-state index in [1.54, 1.807) is 0 Å². The number of allylic oxidation sites excluding steroid dienone is 5. The molecule has 0 aromatic rings. The van der Waals surface area contributed by atoms with Crippen LogP contribution in [-0.2, 0) is 9.47 Å². The number of halogens is 6. The van der Waals surface area contributed by atoms with Gasteiger partial charge in [-0.15, -0.1) is 0 Å². The van der Waals surface area contributed by atoms with Crippen molar-refractivity contribution in [2.75, 3.05) is 27.4 Å². The van der Waals surface area contributed by atoms with Crippen LogP contribution in [0, 0.1) is 11.3 Å². The maximum atomic E-state index is 14.0. The normalized spacial score (nSPS) is 21.6. The van der Waals surface area contributed by atoms with E-state index in [0.29, 0.717) is 11.1 Å². The van der Waals surface area contributed by atoms with Gasteiger partial charge in [-0.2, -0.15) is 26.3 Å². The summed E-state index contributed by atoms with van der Waals surface area (Å²) in [5.41, 5.74) is -3.34. The molecule has 0 saturated carbocycles. The van der Waals surface area contributed by atoms with Gasteiger partial charge in [0.15, 0.2) is 5.41 Å². The molecule has 1 atom stereocenters. The quantitative estimate of drug-likeness (QED) is 0.549. The molecule has 0 bridgehead atoms. The van der Waals surface area contributed by atoms with Crippen molar-refractivity contribution in [3.63, 3.8) is 0 Å². The van der Waals surface area contributed by atoms with E-state index in [9.17, 15) is 26.3 Å². The lowest BCUT2D eigenvalue weighted by Gasteiger charge is -2.45. The van der Waals surface area contributed by atoms with Crippen LogP contribution in [-0.4, -0.2) is 39.8 Å². The first-order chi connectivity index (χ1) is 12.6. The molecule has 0 radical (unpaired) electrons. The summed E-state index contributed by atoms with van der Waals surface area (Å²) in [4.78, 5) is 0. The summed E-state index contributed by atoms with van der Waals surface area (Å²) < 4.78 is 94.1. The van der Waals surface area contributed by atoms with Crippen LogP contribution in [0.3, 0.4) is 0 Å². The van der Waals surface area contributed by atoms with Crippen LogP contribution < -0.4 is 0 Å². The third kappa shape index (κ3) is 4.16. The fourth-order valence-electron chi connectivity index (χ4n) is 3.76. The molecular formula is C19H22F6O2. The van der Waals surface area contributed by atoms with E-state index in [1.807, 2.05) is 0 Å². The summed E-state index contributed by atoms with van der Waals surface area (Å²) in [6.07, 6.45) is -5.55. The number of hydrogen-bond acceptors (Lipinski definition) is 2. The zero-order valence-corrected chi connectivity index (χ0v) is 15.1. The summed E-state index contributed by atoms with van der Waals surface area (Å²) in [5.74, 6) is -1.76. The maximum absolute atomic E-state index is 14.0. The standard InChI is InChI=1S/C19H22F6O2/c1-26-11-13-3-7-15(8-4-13)17(18(20,21)22,19(23,24)25)16-9-5-14(6-10-16)12-27-2/h3-5,7,9,15H,6,8,10-12H2,1-2H3. The Balaban J connectivity index is 2.53. The van der Waals surface area contributed by atoms with E-state index in [4.69, 9.17) is 9.47 Å². The smallest absolute Gasteiger partial charge is 0.380 e. The minimum Gasteiger partial charge on any atom is -0.380 e. The lowest BCUT2D eigenvalue weighted by molar-refractivity contribution is -0.338. The van der Waals surface area contributed by atoms with E-state index in [0.717, 1.165) is 12.2 Å². The van der Waals surface area contributed by atoms with Crippen LogP contribution >= 0.6 is 0 Å². The summed E-state index contributed by atoms with van der Waals surface area (Å²) in [7, 11) is 2.83. The van der Waals surface area contributed by atoms with E-state index >= 15 is 0 Å². The summed E-state index contributed by atoms with van der Waals surface area (Å²) >= 11 is 0. The van der Waals surface area contributed by atoms with Gasteiger partial charge in [0, 0.05) is 20.1 Å². The lowest BCUT2D eigenvalue weighted by atomic mass is 9.63. The largest absolute Gasteiger partial charge is 0.407 e. The second-order valence-corrected chi connectivity index (χ2v) is 6.67. The first-order valence-corrected chi connectivity index (χ1v) is 8.45. The van der Waals surface area contributed by atoms with Crippen LogP contribution in [0.1, 0.15) is 19.3 Å². The first-order valence-electron chi connectivity index (χ1n) is 8.45. The molecule has 0 amide bonds. The van der Waals surface area contributed by atoms with Crippen LogP contribution in [0.4, 0.5) is 26.3 Å². The van der Waals surface area contributed by atoms with E-state index in [1.165, 1.54) is 32.4 Å². The van der Waals surface area contributed by atoms with Crippen molar-refractivity contribution in [1.29, 1.82) is 0 Å². The summed E-state index contributed by atoms with van der Waals surface area (Å²) in [5, 5.41) is 0. The Bertz CT molecular complexity index is 638. The Kier molecular flexibility index (Phi) is 6.63. The molecule has 8 heteroatoms. The van der Waals surface area contributed by atoms with Crippen molar-refractivity contribution in [1.82, 2.24) is 0 Å². The molecule has 0 aliphatic heterocycles. The third-order valence-corrected chi connectivity index (χ3v) is 5.01. The number of ether oxygens (including phenoxy) is 2. The predicted molar refractivity (Wildman–Crippen MR) is 89.0 cm³/mol. The highest BCUT2D eigenvalue weighted by Gasteiger charge is 2.74. The molecule has 0 fully saturated rings. The van der Waals surface area contributed by atoms with E-state index in [2.05, 4.69) is 0 Å². The van der Waals surface area contributed by atoms with Gasteiger partial charge in [-0.3, -0.25) is 0 Å². The molecule has 27 heavy (non-hydrogen) atoms. The zero-order chi connectivity index (χ0) is 20.3. The molecule has 0 N–H and O–H groups in total. The van der Waals surface area contributed by atoms with Gasteiger partial charge < -0.3 is 9.47 Å². The average Bonchev–Trinajstić information content (AvgIpc) is 2.56. The summed E-state index contributed by atoms with van der Waals surface area (Å²) in [6, 6.07) is 0. The molecular weight excluding hydrogens is 374 g/mol. The minimum atomic E-state index is -5.48. The lowest BCUT2D eigenvalue weighted by Crippen LogP contribution is -2.56. The predicted octanol–water partition coefficient (Wildman–Crippen LogP) is 5.54. The molecule has 0 saturated heterocycles. The minimum absolute atomic E-state index is 0.106. The second-order valence-electron chi connectivity index (χ2n) is 6.67. The van der Waals surface area contributed by atoms with Crippen molar-refractivity contribution in [2.24, 2.45) is 11.3 Å². The van der Waals surface area contributed by atoms with Gasteiger partial charge in [-0.1, -0.05) is 30.4 Å². The van der Waals surface area contributed by atoms with Gasteiger partial charge in [-0.05, 0) is 36.0 Å². The molecule has 2 rings (SSSR count). The highest BCUT2D eigenvalue weighted by molar-refractivity contribution is 5.36. The van der Waals surface area contributed by atoms with Crippen LogP contribution in [0.2, 0.25) is 0 Å². The Labute approximate surface area is 154 Å². The monoisotopic (exact) mass is 396 g/mol. The van der Waals surface area contributed by atoms with Gasteiger partial charge in [0.25, 0.3) is 0 Å². The Morgan fingerprint density at radius 1 is 0.926 bits per heavy atom. The second kappa shape index (κ2) is 8.22. The number of alkyl halides is 6. The fourth-order valence-corrected chi connectivity index (χ4v) is 3.76. The zero-order valence-electron chi connectivity index (χ0n) is 15.1. The molecule has 0 spiro atoms. The number of methoxy groups -OCH3 is 2. The molecule has 2 nitrogen and oxygen atoms in total. The molecule has 0 aromatic heterocycles. The number of hydrogen-bond donors (Lipinski definition) is 0. The van der Waals surface area contributed by atoms with Crippen LogP contribution in [0.5, 0.6) is 0 Å². The van der Waals surface area contributed by atoms with Crippen molar-refractivity contribution in [3.8, 4) is 0 Å². The van der Waals surface area contributed by atoms with Crippen molar-refractivity contribution < 1.29 is 35.8 Å². The average molecular weight is 396 g/mol. The van der Waals surface area contributed by atoms with Crippen molar-refractivity contribution >= 4 is 0 Å². The van der Waals surface area contributed by atoms with Crippen molar-refractivity contribution in [2.45, 2.75) is 31.6 Å². The van der Waals surface area contributed by atoms with Gasteiger partial charge in [0.1, 0.15) is 0 Å². The van der Waals surface area contributed by atoms with E-state index < -0.39 is 29.3 Å². The highest BCUT2D eigenvalue weighted by atomic mass is 19.4. The first kappa shape index (κ1) is 21.8. The van der Waals surface area contributed by atoms with Crippen LogP contribution in [0.15, 0.2) is 47.1 Å². The fraction of sp³-hybridized carbons (Fsp3) is 0.579. The molecule has 0 heterocycles. The van der Waals surface area contributed by atoms with Gasteiger partial charge >= 0.3 is 12.4 Å². The molecule has 152 valence electrons. The molecule has 0 aromatic carbocycles. The summed E-state index contributed by atoms with van der Waals surface area (Å²) in [6.45, 7) is 0.321. The van der Waals surface area contributed by atoms with Crippen LogP contribution in [0.25, 0.3) is 0 Å². The maximum Gasteiger partial charge on any atom is 0.407 e. The topological polar surface area (TPSA) is 18.5 Å². The SMILES string of the molecule is COCC1=CCC(C(C2=CC=C(COC)CC2)(C(F)(F)F)C(F)(F)F)C=C1.